The first-order valence-corrected chi connectivity index (χ1v) is 8.77. The van der Waals surface area contributed by atoms with E-state index in [1.54, 1.807) is 26.4 Å². The number of carbonyl (C=O) groups excluding carboxylic acids is 1. The summed E-state index contributed by atoms with van der Waals surface area (Å²) in [5.74, 6) is 0.997. The number of benzene rings is 2. The zero-order valence-electron chi connectivity index (χ0n) is 14.5. The molecule has 0 radical (unpaired) electrons. The van der Waals surface area contributed by atoms with E-state index in [0.717, 1.165) is 31.2 Å². The van der Waals surface area contributed by atoms with Crippen molar-refractivity contribution in [2.24, 2.45) is 0 Å². The summed E-state index contributed by atoms with van der Waals surface area (Å²) in [6.45, 7) is 0. The van der Waals surface area contributed by atoms with Crippen LogP contribution in [0.2, 0.25) is 5.02 Å². The Balaban J connectivity index is 1.95. The van der Waals surface area contributed by atoms with Gasteiger partial charge in [0, 0.05) is 12.1 Å². The normalized spacial score (nSPS) is 15.6. The lowest BCUT2D eigenvalue weighted by atomic mass is 9.78. The summed E-state index contributed by atoms with van der Waals surface area (Å²) in [6, 6.07) is 13.3. The van der Waals surface area contributed by atoms with Crippen molar-refractivity contribution in [3.8, 4) is 11.5 Å². The van der Waals surface area contributed by atoms with Crippen LogP contribution in [0.5, 0.6) is 11.5 Å². The van der Waals surface area contributed by atoms with Crippen LogP contribution in [0.25, 0.3) is 0 Å². The molecule has 0 unspecified atom stereocenters. The summed E-state index contributed by atoms with van der Waals surface area (Å²) in [4.78, 5) is 13.2. The number of halogens is 1. The molecule has 25 heavy (non-hydrogen) atoms. The van der Waals surface area contributed by atoms with Crippen LogP contribution in [0.1, 0.15) is 31.2 Å². The largest absolute Gasteiger partial charge is 0.495 e. The van der Waals surface area contributed by atoms with Gasteiger partial charge < -0.3 is 14.8 Å². The van der Waals surface area contributed by atoms with Crippen LogP contribution in [0.3, 0.4) is 0 Å². The van der Waals surface area contributed by atoms with Crippen LogP contribution in [-0.4, -0.2) is 20.1 Å². The topological polar surface area (TPSA) is 47.6 Å². The minimum Gasteiger partial charge on any atom is -0.495 e. The summed E-state index contributed by atoms with van der Waals surface area (Å²) in [7, 11) is 3.10. The molecule has 1 fully saturated rings. The highest BCUT2D eigenvalue weighted by molar-refractivity contribution is 6.32. The molecule has 1 saturated carbocycles. The van der Waals surface area contributed by atoms with Crippen molar-refractivity contribution in [2.75, 3.05) is 19.5 Å². The van der Waals surface area contributed by atoms with Crippen molar-refractivity contribution in [1.82, 2.24) is 0 Å². The fourth-order valence-electron chi connectivity index (χ4n) is 3.58. The number of hydrogen-bond acceptors (Lipinski definition) is 3. The van der Waals surface area contributed by atoms with E-state index in [-0.39, 0.29) is 5.91 Å². The zero-order valence-corrected chi connectivity index (χ0v) is 15.2. The first-order valence-electron chi connectivity index (χ1n) is 8.39. The van der Waals surface area contributed by atoms with Crippen molar-refractivity contribution in [3.63, 3.8) is 0 Å². The third-order valence-corrected chi connectivity index (χ3v) is 5.24. The van der Waals surface area contributed by atoms with Gasteiger partial charge in [-0.2, -0.15) is 0 Å². The molecule has 0 bridgehead atoms. The average Bonchev–Trinajstić information content (AvgIpc) is 3.14. The van der Waals surface area contributed by atoms with Gasteiger partial charge in [0.1, 0.15) is 11.5 Å². The second-order valence-electron chi connectivity index (χ2n) is 6.30. The Morgan fingerprint density at radius 2 is 1.68 bits per heavy atom. The predicted molar refractivity (Wildman–Crippen MR) is 99.8 cm³/mol. The maximum absolute atomic E-state index is 13.2. The Kier molecular flexibility index (Phi) is 5.19. The van der Waals surface area contributed by atoms with Crippen LogP contribution in [0.15, 0.2) is 42.5 Å². The fraction of sp³-hybridized carbons (Fsp3) is 0.350. The van der Waals surface area contributed by atoms with Crippen LogP contribution in [0.4, 0.5) is 5.69 Å². The van der Waals surface area contributed by atoms with E-state index in [2.05, 4.69) is 5.32 Å². The molecule has 1 aliphatic rings. The van der Waals surface area contributed by atoms with Gasteiger partial charge in [0.05, 0.1) is 30.3 Å². The maximum atomic E-state index is 13.2. The monoisotopic (exact) mass is 359 g/mol. The molecule has 1 amide bonds. The third-order valence-electron chi connectivity index (χ3n) is 4.94. The number of carbonyl (C=O) groups is 1. The average molecular weight is 360 g/mol. The minimum absolute atomic E-state index is 0.0149. The molecule has 5 heteroatoms. The second-order valence-corrected chi connectivity index (χ2v) is 6.70. The molecule has 0 spiro atoms. The van der Waals surface area contributed by atoms with Gasteiger partial charge in [0.15, 0.2) is 0 Å². The SMILES string of the molecule is COc1cc(NC(=O)C2(c3ccccc3)CCCC2)c(OC)cc1Cl. The van der Waals surface area contributed by atoms with E-state index in [9.17, 15) is 4.79 Å². The molecule has 2 aromatic carbocycles. The van der Waals surface area contributed by atoms with E-state index >= 15 is 0 Å². The van der Waals surface area contributed by atoms with Crippen molar-refractivity contribution < 1.29 is 14.3 Å². The number of amides is 1. The number of ether oxygens (including phenoxy) is 2. The Hall–Kier alpha value is -2.20. The summed E-state index contributed by atoms with van der Waals surface area (Å²) in [6.07, 6.45) is 3.78. The predicted octanol–water partition coefficient (Wildman–Crippen LogP) is 4.81. The van der Waals surface area contributed by atoms with E-state index < -0.39 is 5.41 Å². The van der Waals surface area contributed by atoms with E-state index in [1.807, 2.05) is 30.3 Å². The lowest BCUT2D eigenvalue weighted by Gasteiger charge is -2.28. The second kappa shape index (κ2) is 7.36. The number of methoxy groups -OCH3 is 2. The zero-order chi connectivity index (χ0) is 17.9. The Morgan fingerprint density at radius 1 is 1.04 bits per heavy atom. The highest BCUT2D eigenvalue weighted by atomic mass is 35.5. The highest BCUT2D eigenvalue weighted by Gasteiger charge is 2.42. The van der Waals surface area contributed by atoms with Gasteiger partial charge in [-0.05, 0) is 18.4 Å². The number of rotatable bonds is 5. The molecule has 1 N–H and O–H groups in total. The van der Waals surface area contributed by atoms with Gasteiger partial charge in [0.2, 0.25) is 5.91 Å². The standard InChI is InChI=1S/C20H22ClNO3/c1-24-17-13-16(18(25-2)12-15(17)21)22-19(23)20(10-6-7-11-20)14-8-4-3-5-9-14/h3-5,8-9,12-13H,6-7,10-11H2,1-2H3,(H,22,23). The molecule has 1 aliphatic carbocycles. The summed E-state index contributed by atoms with van der Waals surface area (Å²) < 4.78 is 10.6. The van der Waals surface area contributed by atoms with Gasteiger partial charge in [0.25, 0.3) is 0 Å². The molecule has 4 nitrogen and oxygen atoms in total. The van der Waals surface area contributed by atoms with Gasteiger partial charge in [-0.1, -0.05) is 54.8 Å². The molecular weight excluding hydrogens is 338 g/mol. The van der Waals surface area contributed by atoms with Crippen LogP contribution >= 0.6 is 11.6 Å². The smallest absolute Gasteiger partial charge is 0.235 e. The molecule has 0 atom stereocenters. The van der Waals surface area contributed by atoms with Crippen molar-refractivity contribution in [2.45, 2.75) is 31.1 Å². The highest BCUT2D eigenvalue weighted by Crippen LogP contribution is 2.43. The third kappa shape index (κ3) is 3.31. The van der Waals surface area contributed by atoms with Crippen LogP contribution in [0, 0.1) is 0 Å². The number of anilines is 1. The number of hydrogen-bond donors (Lipinski definition) is 1. The lowest BCUT2D eigenvalue weighted by Crippen LogP contribution is -2.38. The molecule has 3 rings (SSSR count). The van der Waals surface area contributed by atoms with Gasteiger partial charge >= 0.3 is 0 Å². The van der Waals surface area contributed by atoms with Gasteiger partial charge in [-0.3, -0.25) is 4.79 Å². The molecule has 0 heterocycles. The van der Waals surface area contributed by atoms with Crippen molar-refractivity contribution in [1.29, 1.82) is 0 Å². The first kappa shape index (κ1) is 17.6. The minimum atomic E-state index is -0.501. The molecule has 0 aliphatic heterocycles. The molecular formula is C20H22ClNO3. The van der Waals surface area contributed by atoms with Crippen LogP contribution in [-0.2, 0) is 10.2 Å². The summed E-state index contributed by atoms with van der Waals surface area (Å²) in [5.41, 5.74) is 1.12. The van der Waals surface area contributed by atoms with Crippen molar-refractivity contribution in [3.05, 3.63) is 53.1 Å². The summed E-state index contributed by atoms with van der Waals surface area (Å²) >= 11 is 6.15. The Bertz CT molecular complexity index is 755. The lowest BCUT2D eigenvalue weighted by molar-refractivity contribution is -0.121. The summed E-state index contributed by atoms with van der Waals surface area (Å²) in [5, 5.41) is 3.48. The van der Waals surface area contributed by atoms with E-state index in [1.165, 1.54) is 0 Å². The fourth-order valence-corrected chi connectivity index (χ4v) is 3.81. The van der Waals surface area contributed by atoms with Crippen molar-refractivity contribution >= 4 is 23.2 Å². The van der Waals surface area contributed by atoms with E-state index in [0.29, 0.717) is 22.2 Å². The van der Waals surface area contributed by atoms with E-state index in [4.69, 9.17) is 21.1 Å². The Labute approximate surface area is 153 Å². The quantitative estimate of drug-likeness (QED) is 0.833. The first-order chi connectivity index (χ1) is 12.1. The molecule has 132 valence electrons. The maximum Gasteiger partial charge on any atom is 0.235 e. The molecule has 0 saturated heterocycles. The van der Waals surface area contributed by atoms with Gasteiger partial charge in [-0.25, -0.2) is 0 Å². The van der Waals surface area contributed by atoms with Crippen LogP contribution < -0.4 is 14.8 Å². The Morgan fingerprint density at radius 3 is 2.28 bits per heavy atom. The van der Waals surface area contributed by atoms with Gasteiger partial charge in [-0.15, -0.1) is 0 Å². The molecule has 0 aromatic heterocycles. The molecule has 2 aromatic rings. The number of nitrogens with one attached hydrogen (secondary N) is 1.